The molecule has 0 aliphatic carbocycles. The van der Waals surface area contributed by atoms with Gasteiger partial charge in [0.05, 0.1) is 36.3 Å². The minimum absolute atomic E-state index is 0.0756. The first-order valence-electron chi connectivity index (χ1n) is 13.0. The van der Waals surface area contributed by atoms with Crippen molar-refractivity contribution >= 4 is 28.5 Å². The lowest BCUT2D eigenvalue weighted by Gasteiger charge is -2.20. The van der Waals surface area contributed by atoms with Gasteiger partial charge in [0.25, 0.3) is 5.56 Å². The van der Waals surface area contributed by atoms with Crippen LogP contribution in [-0.4, -0.2) is 76.1 Å². The number of benzene rings is 1. The Morgan fingerprint density at radius 1 is 1.23 bits per heavy atom. The summed E-state index contributed by atoms with van der Waals surface area (Å²) in [6, 6.07) is 8.06. The van der Waals surface area contributed by atoms with E-state index in [9.17, 15) is 19.5 Å². The lowest BCUT2D eigenvalue weighted by atomic mass is 10.1. The number of fused-ring (bicyclic) bond motifs is 1. The molecule has 0 saturated heterocycles. The normalized spacial score (nSPS) is 13.2. The molecular weight excluding hydrogens is 516 g/mol. The monoisotopic (exact) mass is 554 g/mol. The summed E-state index contributed by atoms with van der Waals surface area (Å²) >= 11 is 0. The van der Waals surface area contributed by atoms with Crippen LogP contribution >= 0.6 is 0 Å². The number of ether oxygens (including phenoxy) is 2. The quantitative estimate of drug-likeness (QED) is 0.174. The first kappa shape index (κ1) is 30.7. The number of aliphatic hydroxyl groups is 1. The van der Waals surface area contributed by atoms with Gasteiger partial charge in [-0.3, -0.25) is 19.7 Å². The van der Waals surface area contributed by atoms with Gasteiger partial charge in [-0.1, -0.05) is 18.2 Å². The molecule has 0 saturated carbocycles. The fraction of sp³-hybridized carbons (Fsp3) is 0.429. The average molecular weight is 555 g/mol. The number of anilines is 1. The number of likely N-dealkylation sites (N-methyl/N-ethyl adjacent to an activating group) is 1. The maximum Gasteiger partial charge on any atom is 0.274 e. The van der Waals surface area contributed by atoms with E-state index in [0.717, 1.165) is 16.6 Å². The van der Waals surface area contributed by atoms with E-state index >= 15 is 0 Å². The second-order valence-corrected chi connectivity index (χ2v) is 9.72. The number of imidazole rings is 1. The summed E-state index contributed by atoms with van der Waals surface area (Å²) in [5.74, 6) is -0.128. The van der Waals surface area contributed by atoms with Crippen LogP contribution in [0, 0.1) is 0 Å². The molecule has 40 heavy (non-hydrogen) atoms. The number of carbonyl (C=O) groups is 2. The average Bonchev–Trinajstić information content (AvgIpc) is 3.34. The Labute approximate surface area is 233 Å². The zero-order chi connectivity index (χ0) is 29.2. The number of aromatic amines is 1. The van der Waals surface area contributed by atoms with Crippen molar-refractivity contribution in [2.24, 2.45) is 0 Å². The molecule has 2 atom stereocenters. The van der Waals surface area contributed by atoms with Gasteiger partial charge in [0.2, 0.25) is 18.2 Å². The zero-order valence-electron chi connectivity index (χ0n) is 23.5. The highest BCUT2D eigenvalue weighted by molar-refractivity contribution is 5.94. The van der Waals surface area contributed by atoms with Crippen LogP contribution < -0.4 is 16.2 Å². The van der Waals surface area contributed by atoms with Crippen molar-refractivity contribution in [2.45, 2.75) is 58.4 Å². The van der Waals surface area contributed by atoms with Gasteiger partial charge in [-0.15, -0.1) is 0 Å². The minimum Gasteiger partial charge on any atom is -0.374 e. The Morgan fingerprint density at radius 3 is 2.70 bits per heavy atom. The van der Waals surface area contributed by atoms with Crippen molar-refractivity contribution in [1.82, 2.24) is 24.8 Å². The third-order valence-electron chi connectivity index (χ3n) is 6.02. The maximum absolute atomic E-state index is 13.2. The molecule has 2 aromatic heterocycles. The highest BCUT2D eigenvalue weighted by Crippen LogP contribution is 2.18. The number of pyridine rings is 1. The molecule has 0 bridgehead atoms. The van der Waals surface area contributed by atoms with E-state index in [1.54, 1.807) is 32.4 Å². The van der Waals surface area contributed by atoms with Gasteiger partial charge in [0.1, 0.15) is 11.5 Å². The smallest absolute Gasteiger partial charge is 0.274 e. The van der Waals surface area contributed by atoms with Gasteiger partial charge >= 0.3 is 0 Å². The van der Waals surface area contributed by atoms with E-state index in [0.29, 0.717) is 18.9 Å². The Hall–Kier alpha value is -3.84. The van der Waals surface area contributed by atoms with Crippen molar-refractivity contribution in [1.29, 1.82) is 0 Å². The standard InChI is InChI=1S/C28H38N6O6/c1-18(2)40-17-19-10-8-12-20-25(19)32-23(29-20)16-34-15-9-13-22(27(34)37)30-26(36)21(31-28(38)39-5)11-6-7-14-24(35)33(3)4/h7-10,12-15,18,21,28,31,38H,6,11,16-17H2,1-5H3,(H,29,32)(H,30,36)/b14-7+/t21-,28?/m0/s1. The molecule has 2 heterocycles. The first-order valence-corrected chi connectivity index (χ1v) is 13.0. The van der Waals surface area contributed by atoms with Gasteiger partial charge in [0.15, 0.2) is 0 Å². The molecule has 0 radical (unpaired) electrons. The Bertz CT molecular complexity index is 1380. The second-order valence-electron chi connectivity index (χ2n) is 9.72. The number of nitrogens with zero attached hydrogens (tertiary/aromatic N) is 3. The van der Waals surface area contributed by atoms with Crippen molar-refractivity contribution in [2.75, 3.05) is 26.5 Å². The molecule has 2 amide bonds. The SMILES string of the molecule is COC(O)N[C@@H](CC/C=C/C(=O)N(C)C)C(=O)Nc1cccn(Cc2nc3c(COC(C)C)cccc3[nH]2)c1=O. The van der Waals surface area contributed by atoms with E-state index in [1.807, 2.05) is 32.0 Å². The number of aliphatic hydroxyl groups excluding tert-OH is 1. The number of carbonyl (C=O) groups excluding carboxylic acids is 2. The minimum atomic E-state index is -1.39. The van der Waals surface area contributed by atoms with Crippen molar-refractivity contribution in [3.8, 4) is 0 Å². The van der Waals surface area contributed by atoms with Crippen LogP contribution in [0.3, 0.4) is 0 Å². The van der Waals surface area contributed by atoms with Crippen LogP contribution in [0.2, 0.25) is 0 Å². The Morgan fingerprint density at radius 2 is 2.00 bits per heavy atom. The van der Waals surface area contributed by atoms with E-state index < -0.39 is 23.9 Å². The Kier molecular flexibility index (Phi) is 11.1. The summed E-state index contributed by atoms with van der Waals surface area (Å²) in [4.78, 5) is 47.4. The van der Waals surface area contributed by atoms with Crippen LogP contribution in [0.25, 0.3) is 11.0 Å². The third kappa shape index (κ3) is 8.58. The number of rotatable bonds is 14. The molecule has 216 valence electrons. The highest BCUT2D eigenvalue weighted by Gasteiger charge is 2.22. The number of hydrogen-bond acceptors (Lipinski definition) is 8. The van der Waals surface area contributed by atoms with E-state index in [1.165, 1.54) is 28.7 Å². The molecule has 0 aliphatic rings. The van der Waals surface area contributed by atoms with Crippen molar-refractivity contribution in [3.63, 3.8) is 0 Å². The fourth-order valence-corrected chi connectivity index (χ4v) is 3.85. The van der Waals surface area contributed by atoms with Crippen LogP contribution in [-0.2, 0) is 32.2 Å². The molecule has 3 rings (SSSR count). The highest BCUT2D eigenvalue weighted by atomic mass is 16.6. The van der Waals surface area contributed by atoms with Gasteiger partial charge in [0, 0.05) is 33.0 Å². The second kappa shape index (κ2) is 14.5. The lowest BCUT2D eigenvalue weighted by molar-refractivity contribution is -0.129. The molecule has 3 aromatic rings. The molecule has 4 N–H and O–H groups in total. The molecule has 1 unspecified atom stereocenters. The number of hydrogen-bond donors (Lipinski definition) is 4. The van der Waals surface area contributed by atoms with Crippen LogP contribution in [0.1, 0.15) is 38.1 Å². The molecule has 1 aromatic carbocycles. The number of para-hydroxylation sites is 1. The topological polar surface area (TPSA) is 151 Å². The van der Waals surface area contributed by atoms with E-state index in [4.69, 9.17) is 9.47 Å². The van der Waals surface area contributed by atoms with E-state index in [-0.39, 0.29) is 30.7 Å². The van der Waals surface area contributed by atoms with E-state index in [2.05, 4.69) is 20.6 Å². The lowest BCUT2D eigenvalue weighted by Crippen LogP contribution is -2.47. The molecular formula is C28H38N6O6. The first-order chi connectivity index (χ1) is 19.1. The molecule has 12 nitrogen and oxygen atoms in total. The summed E-state index contributed by atoms with van der Waals surface area (Å²) < 4.78 is 12.0. The van der Waals surface area contributed by atoms with Gasteiger partial charge < -0.3 is 34.3 Å². The van der Waals surface area contributed by atoms with Crippen LogP contribution in [0.15, 0.2) is 53.5 Å². The van der Waals surface area contributed by atoms with Gasteiger partial charge in [-0.25, -0.2) is 4.98 Å². The summed E-state index contributed by atoms with van der Waals surface area (Å²) in [7, 11) is 4.57. The molecule has 0 spiro atoms. The summed E-state index contributed by atoms with van der Waals surface area (Å²) in [5, 5.41) is 15.2. The van der Waals surface area contributed by atoms with Crippen LogP contribution in [0.5, 0.6) is 0 Å². The molecule has 12 heteroatoms. The molecule has 0 fully saturated rings. The number of H-pyrrole nitrogens is 1. The predicted octanol–water partition coefficient (Wildman–Crippen LogP) is 1.94. The number of methoxy groups -OCH3 is 1. The number of nitrogens with one attached hydrogen (secondary N) is 3. The van der Waals surface area contributed by atoms with Crippen LogP contribution in [0.4, 0.5) is 5.69 Å². The Balaban J connectivity index is 1.74. The fourth-order valence-electron chi connectivity index (χ4n) is 3.85. The summed E-state index contributed by atoms with van der Waals surface area (Å²) in [5.41, 5.74) is 2.22. The number of amides is 2. The zero-order valence-corrected chi connectivity index (χ0v) is 23.5. The summed E-state index contributed by atoms with van der Waals surface area (Å²) in [6.45, 7) is 4.53. The largest absolute Gasteiger partial charge is 0.374 e. The van der Waals surface area contributed by atoms with Crippen molar-refractivity contribution in [3.05, 3.63) is 70.4 Å². The number of allylic oxidation sites excluding steroid dienone is 1. The molecule has 0 aliphatic heterocycles. The predicted molar refractivity (Wildman–Crippen MR) is 151 cm³/mol. The maximum atomic E-state index is 13.2. The third-order valence-corrected chi connectivity index (χ3v) is 6.02. The number of aromatic nitrogens is 3. The van der Waals surface area contributed by atoms with Gasteiger partial charge in [-0.05, 0) is 51.0 Å². The van der Waals surface area contributed by atoms with Crippen molar-refractivity contribution < 1.29 is 24.2 Å². The van der Waals surface area contributed by atoms with Gasteiger partial charge in [-0.2, -0.15) is 0 Å². The summed E-state index contributed by atoms with van der Waals surface area (Å²) in [6.07, 6.45) is 3.98.